The molecular formula is C12H15N3O2. The van der Waals surface area contributed by atoms with Gasteiger partial charge >= 0.3 is 0 Å². The van der Waals surface area contributed by atoms with E-state index in [1.54, 1.807) is 6.92 Å². The van der Waals surface area contributed by atoms with Crippen molar-refractivity contribution < 1.29 is 14.3 Å². The Morgan fingerprint density at radius 1 is 1.41 bits per heavy atom. The summed E-state index contributed by atoms with van der Waals surface area (Å²) in [6, 6.07) is 9.04. The third kappa shape index (κ3) is 2.14. The number of rotatable bonds is 3. The maximum atomic E-state index is 10.6. The van der Waals surface area contributed by atoms with Gasteiger partial charge in [-0.3, -0.25) is 0 Å². The molecule has 17 heavy (non-hydrogen) atoms. The van der Waals surface area contributed by atoms with E-state index in [0.717, 1.165) is 5.56 Å². The second kappa shape index (κ2) is 4.18. The highest BCUT2D eigenvalue weighted by molar-refractivity contribution is 5.22. The fourth-order valence-corrected chi connectivity index (χ4v) is 1.72. The number of nitrogens with zero attached hydrogens (tertiary/aromatic N) is 2. The molecule has 2 N–H and O–H groups in total. The van der Waals surface area contributed by atoms with Crippen molar-refractivity contribution in [3.8, 4) is 0 Å². The Labute approximate surface area is 99.4 Å². The van der Waals surface area contributed by atoms with Crippen molar-refractivity contribution in [2.24, 2.45) is 0 Å². The zero-order valence-corrected chi connectivity index (χ0v) is 9.79. The molecule has 2 unspecified atom stereocenters. The van der Waals surface area contributed by atoms with E-state index in [4.69, 9.17) is 5.73 Å². The van der Waals surface area contributed by atoms with Crippen LogP contribution in [0, 0.1) is 0 Å². The summed E-state index contributed by atoms with van der Waals surface area (Å²) < 4.78 is 6.14. The van der Waals surface area contributed by atoms with Gasteiger partial charge in [0.15, 0.2) is 10.9 Å². The van der Waals surface area contributed by atoms with E-state index in [0.29, 0.717) is 0 Å². The number of hydrogen-bond donors (Lipinski definition) is 1. The Hall–Kier alpha value is -1.88. The molecule has 0 saturated carbocycles. The van der Waals surface area contributed by atoms with Gasteiger partial charge in [-0.1, -0.05) is 30.3 Å². The average Bonchev–Trinajstić information content (AvgIpc) is 2.76. The first-order valence-electron chi connectivity index (χ1n) is 5.39. The maximum absolute atomic E-state index is 10.6. The standard InChI is InChI=1S/C12H15N3O2/c1-9(15-8-11(13)17-14-15)12(2,16)10-6-4-3-5-7-10/h3-9,13,16H,1-2H3. The first-order chi connectivity index (χ1) is 8.01. The Bertz CT molecular complexity index is 493. The monoisotopic (exact) mass is 233 g/mol. The molecule has 2 rings (SSSR count). The van der Waals surface area contributed by atoms with Crippen LogP contribution in [-0.4, -0.2) is 10.4 Å². The largest absolute Gasteiger partial charge is 0.660 e. The summed E-state index contributed by atoms with van der Waals surface area (Å²) in [7, 11) is 0. The van der Waals surface area contributed by atoms with Crippen molar-refractivity contribution >= 4 is 5.88 Å². The van der Waals surface area contributed by atoms with Gasteiger partial charge in [-0.2, -0.15) is 0 Å². The van der Waals surface area contributed by atoms with E-state index in [1.165, 1.54) is 10.9 Å². The van der Waals surface area contributed by atoms with Crippen molar-refractivity contribution in [2.45, 2.75) is 25.5 Å². The van der Waals surface area contributed by atoms with Crippen LogP contribution < -0.4 is 4.68 Å². The van der Waals surface area contributed by atoms with Gasteiger partial charge in [0.25, 0.3) is 0 Å². The highest BCUT2D eigenvalue weighted by atomic mass is 16.5. The lowest BCUT2D eigenvalue weighted by Crippen LogP contribution is -2.49. The molecule has 5 nitrogen and oxygen atoms in total. The van der Waals surface area contributed by atoms with E-state index >= 15 is 0 Å². The molecule has 0 radical (unpaired) electrons. The SMILES string of the molecule is CC([n+]1cc([NH-])on1)C(C)(O)c1ccccc1. The molecule has 0 saturated heterocycles. The van der Waals surface area contributed by atoms with Gasteiger partial charge in [-0.05, 0) is 17.2 Å². The lowest BCUT2D eigenvalue weighted by molar-refractivity contribution is -0.795. The fourth-order valence-electron chi connectivity index (χ4n) is 1.72. The summed E-state index contributed by atoms with van der Waals surface area (Å²) in [5.74, 6) is -0.0271. The molecule has 0 aliphatic rings. The second-order valence-corrected chi connectivity index (χ2v) is 4.24. The van der Waals surface area contributed by atoms with Crippen LogP contribution in [0.1, 0.15) is 25.5 Å². The predicted molar refractivity (Wildman–Crippen MR) is 61.4 cm³/mol. The molecule has 0 spiro atoms. The van der Waals surface area contributed by atoms with Gasteiger partial charge in [0.05, 0.1) is 0 Å². The molecule has 5 heteroatoms. The predicted octanol–water partition coefficient (Wildman–Crippen LogP) is 2.11. The van der Waals surface area contributed by atoms with Crippen LogP contribution in [0.4, 0.5) is 5.88 Å². The van der Waals surface area contributed by atoms with Crippen LogP contribution in [-0.2, 0) is 5.60 Å². The molecule has 2 atom stereocenters. The van der Waals surface area contributed by atoms with Crippen molar-refractivity contribution in [3.63, 3.8) is 0 Å². The first kappa shape index (κ1) is 11.6. The van der Waals surface area contributed by atoms with Crippen LogP contribution >= 0.6 is 0 Å². The van der Waals surface area contributed by atoms with Crippen molar-refractivity contribution in [2.75, 3.05) is 0 Å². The molecule has 1 heterocycles. The zero-order valence-electron chi connectivity index (χ0n) is 9.79. The van der Waals surface area contributed by atoms with Crippen LogP contribution in [0.5, 0.6) is 0 Å². The number of aromatic nitrogens is 2. The van der Waals surface area contributed by atoms with E-state index < -0.39 is 5.60 Å². The fraction of sp³-hybridized carbons (Fsp3) is 0.333. The van der Waals surface area contributed by atoms with Crippen LogP contribution in [0.15, 0.2) is 41.1 Å². The minimum Gasteiger partial charge on any atom is -0.660 e. The van der Waals surface area contributed by atoms with Crippen molar-refractivity contribution in [3.05, 3.63) is 47.8 Å². The zero-order chi connectivity index (χ0) is 12.5. The summed E-state index contributed by atoms with van der Waals surface area (Å²) in [4.78, 5) is 0. The van der Waals surface area contributed by atoms with E-state index in [2.05, 4.69) is 9.79 Å². The minimum absolute atomic E-state index is 0.0271. The number of nitrogens with one attached hydrogen (secondary N) is 1. The first-order valence-corrected chi connectivity index (χ1v) is 5.39. The quantitative estimate of drug-likeness (QED) is 0.825. The Morgan fingerprint density at radius 3 is 2.59 bits per heavy atom. The second-order valence-electron chi connectivity index (χ2n) is 4.24. The van der Waals surface area contributed by atoms with Gasteiger partial charge in [-0.15, -0.1) is 0 Å². The van der Waals surface area contributed by atoms with E-state index in [-0.39, 0.29) is 11.9 Å². The van der Waals surface area contributed by atoms with Gasteiger partial charge in [-0.25, -0.2) is 0 Å². The van der Waals surface area contributed by atoms with E-state index in [1.807, 2.05) is 37.3 Å². The van der Waals surface area contributed by atoms with Crippen molar-refractivity contribution in [1.29, 1.82) is 0 Å². The Balaban J connectivity index is 2.33. The molecule has 0 bridgehead atoms. The Kier molecular flexibility index (Phi) is 2.85. The summed E-state index contributed by atoms with van der Waals surface area (Å²) in [6.07, 6.45) is 1.45. The summed E-state index contributed by atoms with van der Waals surface area (Å²) in [5, 5.41) is 14.3. The summed E-state index contributed by atoms with van der Waals surface area (Å²) in [6.45, 7) is 3.55. The molecule has 1 aromatic carbocycles. The normalized spacial score (nSPS) is 16.4. The van der Waals surface area contributed by atoms with E-state index in [9.17, 15) is 5.11 Å². The third-order valence-corrected chi connectivity index (χ3v) is 3.05. The number of aliphatic hydroxyl groups is 1. The smallest absolute Gasteiger partial charge is 0.222 e. The van der Waals surface area contributed by atoms with Gasteiger partial charge in [0.2, 0.25) is 12.2 Å². The van der Waals surface area contributed by atoms with Gasteiger partial charge in [0, 0.05) is 6.92 Å². The molecule has 0 amide bonds. The number of hydrogen-bond acceptors (Lipinski definition) is 3. The maximum Gasteiger partial charge on any atom is 0.222 e. The summed E-state index contributed by atoms with van der Waals surface area (Å²) in [5.41, 5.74) is 7.01. The molecule has 90 valence electrons. The summed E-state index contributed by atoms with van der Waals surface area (Å²) >= 11 is 0. The Morgan fingerprint density at radius 2 is 2.06 bits per heavy atom. The average molecular weight is 233 g/mol. The minimum atomic E-state index is -1.07. The molecule has 0 aliphatic carbocycles. The van der Waals surface area contributed by atoms with Gasteiger partial charge < -0.3 is 15.4 Å². The highest BCUT2D eigenvalue weighted by Crippen LogP contribution is 2.29. The highest BCUT2D eigenvalue weighted by Gasteiger charge is 2.39. The lowest BCUT2D eigenvalue weighted by atomic mass is 9.89. The lowest BCUT2D eigenvalue weighted by Gasteiger charge is -2.24. The molecule has 1 aromatic heterocycles. The number of benzene rings is 1. The molecular weight excluding hydrogens is 218 g/mol. The van der Waals surface area contributed by atoms with Crippen LogP contribution in [0.25, 0.3) is 5.73 Å². The topological polar surface area (TPSA) is 73.9 Å². The van der Waals surface area contributed by atoms with Crippen LogP contribution in [0.2, 0.25) is 0 Å². The van der Waals surface area contributed by atoms with Gasteiger partial charge in [0.1, 0.15) is 5.88 Å². The molecule has 0 aliphatic heterocycles. The molecule has 2 aromatic rings. The molecule has 0 fully saturated rings. The third-order valence-electron chi connectivity index (χ3n) is 3.05. The van der Waals surface area contributed by atoms with Crippen LogP contribution in [0.3, 0.4) is 0 Å². The van der Waals surface area contributed by atoms with Crippen molar-refractivity contribution in [1.82, 2.24) is 5.27 Å².